The summed E-state index contributed by atoms with van der Waals surface area (Å²) in [5.74, 6) is 0.0923. The first-order chi connectivity index (χ1) is 15.0. The molecule has 2 aromatic carbocycles. The summed E-state index contributed by atoms with van der Waals surface area (Å²) in [7, 11) is 0. The van der Waals surface area contributed by atoms with Crippen molar-refractivity contribution in [3.63, 3.8) is 0 Å². The van der Waals surface area contributed by atoms with Crippen molar-refractivity contribution in [1.82, 2.24) is 0 Å². The third-order valence-electron chi connectivity index (χ3n) is 4.32. The SMILES string of the molecule is CCOc1cc(C=C2N=C(c3ccco3)OC2=O)cc(Cl)c1OCc1ccccc1F. The van der Waals surface area contributed by atoms with Crippen LogP contribution < -0.4 is 9.47 Å². The van der Waals surface area contributed by atoms with Crippen molar-refractivity contribution in [2.24, 2.45) is 4.99 Å². The number of halogens is 2. The Bertz CT molecular complexity index is 1170. The lowest BCUT2D eigenvalue weighted by Gasteiger charge is -2.15. The highest BCUT2D eigenvalue weighted by molar-refractivity contribution is 6.32. The highest BCUT2D eigenvalue weighted by Gasteiger charge is 2.26. The number of hydrogen-bond donors (Lipinski definition) is 0. The van der Waals surface area contributed by atoms with Gasteiger partial charge in [0.05, 0.1) is 17.9 Å². The Labute approximate surface area is 182 Å². The molecular formula is C23H17ClFNO5. The largest absolute Gasteiger partial charge is 0.490 e. The molecule has 1 aliphatic rings. The van der Waals surface area contributed by atoms with Crippen molar-refractivity contribution in [3.8, 4) is 11.5 Å². The fourth-order valence-corrected chi connectivity index (χ4v) is 3.19. The van der Waals surface area contributed by atoms with Crippen LogP contribution in [-0.4, -0.2) is 18.5 Å². The predicted octanol–water partition coefficient (Wildman–Crippen LogP) is 5.39. The predicted molar refractivity (Wildman–Crippen MR) is 113 cm³/mol. The van der Waals surface area contributed by atoms with Gasteiger partial charge in [-0.25, -0.2) is 14.2 Å². The zero-order valence-corrected chi connectivity index (χ0v) is 17.2. The number of carbonyl (C=O) groups is 1. The first kappa shape index (κ1) is 20.7. The third-order valence-corrected chi connectivity index (χ3v) is 4.60. The Morgan fingerprint density at radius 3 is 2.74 bits per heavy atom. The van der Waals surface area contributed by atoms with Crippen LogP contribution in [0.25, 0.3) is 6.08 Å². The highest BCUT2D eigenvalue weighted by Crippen LogP contribution is 2.38. The second-order valence-electron chi connectivity index (χ2n) is 6.46. The molecule has 0 saturated carbocycles. The van der Waals surface area contributed by atoms with Crippen molar-refractivity contribution in [2.45, 2.75) is 13.5 Å². The fraction of sp³-hybridized carbons (Fsp3) is 0.130. The van der Waals surface area contributed by atoms with Crippen molar-refractivity contribution in [2.75, 3.05) is 6.61 Å². The Morgan fingerprint density at radius 2 is 2.00 bits per heavy atom. The molecule has 4 rings (SSSR count). The number of benzene rings is 2. The van der Waals surface area contributed by atoms with Crippen LogP contribution in [-0.2, 0) is 16.1 Å². The van der Waals surface area contributed by atoms with Gasteiger partial charge < -0.3 is 18.6 Å². The summed E-state index contributed by atoms with van der Waals surface area (Å²) in [5, 5.41) is 0.246. The number of cyclic esters (lactones) is 1. The van der Waals surface area contributed by atoms with Gasteiger partial charge in [0.15, 0.2) is 23.0 Å². The molecule has 0 aliphatic carbocycles. The number of rotatable bonds is 7. The molecular weight excluding hydrogens is 425 g/mol. The number of aliphatic imine (C=N–C) groups is 1. The quantitative estimate of drug-likeness (QED) is 0.363. The maximum Gasteiger partial charge on any atom is 0.363 e. The molecule has 158 valence electrons. The molecule has 0 spiro atoms. The highest BCUT2D eigenvalue weighted by atomic mass is 35.5. The Balaban J connectivity index is 1.62. The van der Waals surface area contributed by atoms with Crippen LogP contribution in [0.15, 0.2) is 69.9 Å². The Hall–Kier alpha value is -3.58. The van der Waals surface area contributed by atoms with Gasteiger partial charge in [0, 0.05) is 5.56 Å². The van der Waals surface area contributed by atoms with E-state index in [1.807, 2.05) is 6.92 Å². The van der Waals surface area contributed by atoms with Crippen LogP contribution in [0.4, 0.5) is 4.39 Å². The number of nitrogens with zero attached hydrogens (tertiary/aromatic N) is 1. The van der Waals surface area contributed by atoms with E-state index in [2.05, 4.69) is 4.99 Å². The van der Waals surface area contributed by atoms with Gasteiger partial charge in [-0.15, -0.1) is 0 Å². The van der Waals surface area contributed by atoms with E-state index in [1.54, 1.807) is 42.5 Å². The van der Waals surface area contributed by atoms with Crippen molar-refractivity contribution in [1.29, 1.82) is 0 Å². The average Bonchev–Trinajstić information content (AvgIpc) is 3.39. The Morgan fingerprint density at radius 1 is 1.16 bits per heavy atom. The molecule has 0 amide bonds. The number of esters is 1. The van der Waals surface area contributed by atoms with Crippen LogP contribution in [0.3, 0.4) is 0 Å². The number of furan rings is 1. The second-order valence-corrected chi connectivity index (χ2v) is 6.86. The normalized spacial score (nSPS) is 14.5. The lowest BCUT2D eigenvalue weighted by molar-refractivity contribution is -0.130. The molecule has 0 radical (unpaired) electrons. The molecule has 3 aromatic rings. The van der Waals surface area contributed by atoms with Gasteiger partial charge in [0.2, 0.25) is 0 Å². The van der Waals surface area contributed by atoms with Crippen molar-refractivity contribution in [3.05, 3.63) is 88.2 Å². The summed E-state index contributed by atoms with van der Waals surface area (Å²) < 4.78 is 35.6. The lowest BCUT2D eigenvalue weighted by atomic mass is 10.1. The molecule has 6 nitrogen and oxygen atoms in total. The zero-order valence-electron chi connectivity index (χ0n) is 16.4. The molecule has 1 aromatic heterocycles. The van der Waals surface area contributed by atoms with Gasteiger partial charge in [0.1, 0.15) is 12.4 Å². The molecule has 0 N–H and O–H groups in total. The average molecular weight is 442 g/mol. The van der Waals surface area contributed by atoms with E-state index >= 15 is 0 Å². The van der Waals surface area contributed by atoms with Gasteiger partial charge in [0.25, 0.3) is 5.90 Å². The smallest absolute Gasteiger partial charge is 0.363 e. The summed E-state index contributed by atoms with van der Waals surface area (Å²) in [6.07, 6.45) is 2.98. The minimum Gasteiger partial charge on any atom is -0.490 e. The van der Waals surface area contributed by atoms with Crippen LogP contribution in [0.1, 0.15) is 23.8 Å². The molecule has 31 heavy (non-hydrogen) atoms. The van der Waals surface area contributed by atoms with Crippen LogP contribution >= 0.6 is 11.6 Å². The van der Waals surface area contributed by atoms with Gasteiger partial charge in [-0.05, 0) is 48.9 Å². The number of hydrogen-bond acceptors (Lipinski definition) is 6. The molecule has 8 heteroatoms. The maximum absolute atomic E-state index is 13.9. The van der Waals surface area contributed by atoms with E-state index in [0.29, 0.717) is 29.2 Å². The summed E-state index contributed by atoms with van der Waals surface area (Å²) in [6.45, 7) is 2.15. The first-order valence-electron chi connectivity index (χ1n) is 9.44. The molecule has 0 bridgehead atoms. The molecule has 0 unspecified atom stereocenters. The summed E-state index contributed by atoms with van der Waals surface area (Å²) in [5.41, 5.74) is 1.04. The minimum absolute atomic E-state index is 0.0178. The summed E-state index contributed by atoms with van der Waals surface area (Å²) in [6, 6.07) is 12.9. The number of carbonyl (C=O) groups excluding carboxylic acids is 1. The monoisotopic (exact) mass is 441 g/mol. The Kier molecular flexibility index (Phi) is 6.04. The van der Waals surface area contributed by atoms with Crippen LogP contribution in [0, 0.1) is 5.82 Å². The first-order valence-corrected chi connectivity index (χ1v) is 9.82. The van der Waals surface area contributed by atoms with E-state index in [1.165, 1.54) is 18.4 Å². The zero-order chi connectivity index (χ0) is 21.8. The minimum atomic E-state index is -0.611. The fourth-order valence-electron chi connectivity index (χ4n) is 2.91. The van der Waals surface area contributed by atoms with E-state index in [-0.39, 0.29) is 34.8 Å². The summed E-state index contributed by atoms with van der Waals surface area (Å²) >= 11 is 6.41. The third kappa shape index (κ3) is 4.62. The second kappa shape index (κ2) is 9.06. The van der Waals surface area contributed by atoms with Crippen LogP contribution in [0.5, 0.6) is 11.5 Å². The van der Waals surface area contributed by atoms with Crippen molar-refractivity contribution >= 4 is 29.5 Å². The van der Waals surface area contributed by atoms with Gasteiger partial charge in [-0.3, -0.25) is 0 Å². The van der Waals surface area contributed by atoms with E-state index in [9.17, 15) is 9.18 Å². The molecule has 0 saturated heterocycles. The van der Waals surface area contributed by atoms with Gasteiger partial charge in [-0.2, -0.15) is 0 Å². The van der Waals surface area contributed by atoms with Gasteiger partial charge >= 0.3 is 5.97 Å². The topological polar surface area (TPSA) is 70.3 Å². The molecule has 1 aliphatic heterocycles. The van der Waals surface area contributed by atoms with Gasteiger partial charge in [-0.1, -0.05) is 29.8 Å². The van der Waals surface area contributed by atoms with E-state index in [0.717, 1.165) is 0 Å². The molecule has 0 fully saturated rings. The van der Waals surface area contributed by atoms with E-state index in [4.69, 9.17) is 30.2 Å². The van der Waals surface area contributed by atoms with Crippen LogP contribution in [0.2, 0.25) is 5.02 Å². The van der Waals surface area contributed by atoms with Crippen molar-refractivity contribution < 1.29 is 27.8 Å². The molecule has 0 atom stereocenters. The maximum atomic E-state index is 13.9. The lowest BCUT2D eigenvalue weighted by Crippen LogP contribution is -2.04. The van der Waals surface area contributed by atoms with E-state index < -0.39 is 5.97 Å². The standard InChI is InChI=1S/C23H17ClFNO5/c1-2-28-20-12-14(11-18-23(27)31-22(26-18)19-8-5-9-29-19)10-16(24)21(20)30-13-15-6-3-4-7-17(15)25/h3-12H,2,13H2,1H3. The molecule has 2 heterocycles. The summed E-state index contributed by atoms with van der Waals surface area (Å²) in [4.78, 5) is 16.3. The number of ether oxygens (including phenoxy) is 3.